The van der Waals surface area contributed by atoms with E-state index in [1.807, 2.05) is 0 Å². The minimum absolute atomic E-state index is 0.162. The molecule has 22 heavy (non-hydrogen) atoms. The van der Waals surface area contributed by atoms with E-state index in [-0.39, 0.29) is 11.9 Å². The van der Waals surface area contributed by atoms with Crippen molar-refractivity contribution in [2.45, 2.75) is 12.6 Å². The van der Waals surface area contributed by atoms with E-state index in [1.165, 1.54) is 11.1 Å². The fourth-order valence-corrected chi connectivity index (χ4v) is 2.74. The molecule has 1 atom stereocenters. The molecular weight excluding hydrogens is 278 g/mol. The maximum Gasteiger partial charge on any atom is 0.271 e. The van der Waals surface area contributed by atoms with Crippen LogP contribution in [0, 0.1) is 0 Å². The first-order chi connectivity index (χ1) is 10.7. The van der Waals surface area contributed by atoms with Crippen LogP contribution in [0.3, 0.4) is 0 Å². The molecule has 0 spiro atoms. The van der Waals surface area contributed by atoms with Crippen LogP contribution in [-0.4, -0.2) is 41.6 Å². The number of nitrogens with zero attached hydrogens (tertiary/aromatic N) is 3. The molecule has 1 aliphatic heterocycles. The third-order valence-electron chi connectivity index (χ3n) is 3.81. The predicted molar refractivity (Wildman–Crippen MR) is 84.6 cm³/mol. The number of anilines is 1. The molecule has 0 saturated heterocycles. The molecule has 114 valence electrons. The zero-order valence-electron chi connectivity index (χ0n) is 12.7. The molecule has 3 rings (SSSR count). The summed E-state index contributed by atoms with van der Waals surface area (Å²) >= 11 is 0. The summed E-state index contributed by atoms with van der Waals surface area (Å²) in [6, 6.07) is 12.0. The lowest BCUT2D eigenvalue weighted by Gasteiger charge is -2.32. The van der Waals surface area contributed by atoms with E-state index in [0.717, 1.165) is 13.1 Å². The van der Waals surface area contributed by atoms with Gasteiger partial charge < -0.3 is 10.6 Å². The van der Waals surface area contributed by atoms with E-state index in [1.54, 1.807) is 19.2 Å². The molecule has 2 N–H and O–H groups in total. The first-order valence-corrected chi connectivity index (χ1v) is 7.26. The van der Waals surface area contributed by atoms with E-state index in [0.29, 0.717) is 11.5 Å². The van der Waals surface area contributed by atoms with Gasteiger partial charge in [0.2, 0.25) is 0 Å². The summed E-state index contributed by atoms with van der Waals surface area (Å²) in [5.41, 5.74) is 2.93. The number of carbonyl (C=O) groups excluding carboxylic acids is 1. The summed E-state index contributed by atoms with van der Waals surface area (Å²) in [5, 5.41) is 14.0. The number of fused-ring (bicyclic) bond motifs is 1. The quantitative estimate of drug-likeness (QED) is 0.897. The second kappa shape index (κ2) is 6.11. The molecule has 1 unspecified atom stereocenters. The van der Waals surface area contributed by atoms with Crippen molar-refractivity contribution in [2.24, 2.45) is 0 Å². The number of likely N-dealkylation sites (N-methyl/N-ethyl adjacent to an activating group) is 1. The van der Waals surface area contributed by atoms with Gasteiger partial charge in [-0.2, -0.15) is 0 Å². The summed E-state index contributed by atoms with van der Waals surface area (Å²) in [4.78, 5) is 13.8. The van der Waals surface area contributed by atoms with Gasteiger partial charge >= 0.3 is 0 Å². The van der Waals surface area contributed by atoms with Gasteiger partial charge in [-0.05, 0) is 30.3 Å². The van der Waals surface area contributed by atoms with Gasteiger partial charge in [-0.1, -0.05) is 24.3 Å². The number of hydrogen-bond donors (Lipinski definition) is 2. The molecule has 2 aromatic rings. The summed E-state index contributed by atoms with van der Waals surface area (Å²) < 4.78 is 0. The lowest BCUT2D eigenvalue weighted by Crippen LogP contribution is -2.34. The van der Waals surface area contributed by atoms with Crippen molar-refractivity contribution in [3.8, 4) is 0 Å². The maximum atomic E-state index is 11.5. The number of amides is 1. The number of hydrogen-bond acceptors (Lipinski definition) is 5. The third kappa shape index (κ3) is 2.92. The summed E-state index contributed by atoms with van der Waals surface area (Å²) in [7, 11) is 3.68. The van der Waals surface area contributed by atoms with E-state index in [4.69, 9.17) is 0 Å². The number of nitrogens with one attached hydrogen (secondary N) is 2. The molecule has 1 aromatic carbocycles. The second-order valence-electron chi connectivity index (χ2n) is 5.48. The molecule has 0 fully saturated rings. The number of benzene rings is 1. The zero-order valence-corrected chi connectivity index (χ0v) is 12.7. The average Bonchev–Trinajstić information content (AvgIpc) is 2.54. The van der Waals surface area contributed by atoms with Gasteiger partial charge in [0.25, 0.3) is 5.91 Å². The van der Waals surface area contributed by atoms with Crippen molar-refractivity contribution >= 4 is 11.7 Å². The SMILES string of the molecule is CNC(=O)c1ccc(NC2CN(C)Cc3ccccc32)nn1. The second-order valence-corrected chi connectivity index (χ2v) is 5.48. The van der Waals surface area contributed by atoms with Gasteiger partial charge in [-0.15, -0.1) is 10.2 Å². The zero-order chi connectivity index (χ0) is 15.5. The van der Waals surface area contributed by atoms with Crippen LogP contribution in [0.1, 0.15) is 27.7 Å². The molecule has 6 nitrogen and oxygen atoms in total. The molecular formula is C16H19N5O. The van der Waals surface area contributed by atoms with Gasteiger partial charge in [-0.3, -0.25) is 9.69 Å². The first kappa shape index (κ1) is 14.5. The Morgan fingerprint density at radius 2 is 2.05 bits per heavy atom. The van der Waals surface area contributed by atoms with E-state index < -0.39 is 0 Å². The molecule has 2 heterocycles. The fraction of sp³-hybridized carbons (Fsp3) is 0.312. The number of aromatic nitrogens is 2. The lowest BCUT2D eigenvalue weighted by atomic mass is 9.96. The first-order valence-electron chi connectivity index (χ1n) is 7.26. The Kier molecular flexibility index (Phi) is 4.02. The van der Waals surface area contributed by atoms with Crippen LogP contribution in [-0.2, 0) is 6.54 Å². The highest BCUT2D eigenvalue weighted by atomic mass is 16.1. The molecule has 0 radical (unpaired) electrons. The van der Waals surface area contributed by atoms with Crippen LogP contribution in [0.25, 0.3) is 0 Å². The molecule has 0 saturated carbocycles. The van der Waals surface area contributed by atoms with Crippen molar-refractivity contribution in [3.05, 3.63) is 53.2 Å². The molecule has 6 heteroatoms. The normalized spacial score (nSPS) is 17.6. The molecule has 0 bridgehead atoms. The van der Waals surface area contributed by atoms with Gasteiger partial charge in [0.15, 0.2) is 5.69 Å². The van der Waals surface area contributed by atoms with Crippen molar-refractivity contribution in [2.75, 3.05) is 26.0 Å². The smallest absolute Gasteiger partial charge is 0.271 e. The van der Waals surface area contributed by atoms with Crippen molar-refractivity contribution in [3.63, 3.8) is 0 Å². The molecule has 1 aromatic heterocycles. The summed E-state index contributed by atoms with van der Waals surface area (Å²) in [6.07, 6.45) is 0. The van der Waals surface area contributed by atoms with Gasteiger partial charge in [0.1, 0.15) is 5.82 Å². The van der Waals surface area contributed by atoms with Gasteiger partial charge in [0.05, 0.1) is 6.04 Å². The van der Waals surface area contributed by atoms with Gasteiger partial charge in [-0.25, -0.2) is 0 Å². The minimum Gasteiger partial charge on any atom is -0.360 e. The van der Waals surface area contributed by atoms with E-state index in [9.17, 15) is 4.79 Å². The Balaban J connectivity index is 1.80. The van der Waals surface area contributed by atoms with Crippen LogP contribution in [0.15, 0.2) is 36.4 Å². The molecule has 1 aliphatic rings. The Bertz CT molecular complexity index is 670. The van der Waals surface area contributed by atoms with Crippen molar-refractivity contribution in [1.29, 1.82) is 0 Å². The number of carbonyl (C=O) groups is 1. The Morgan fingerprint density at radius 3 is 2.77 bits per heavy atom. The van der Waals surface area contributed by atoms with Crippen LogP contribution < -0.4 is 10.6 Å². The average molecular weight is 297 g/mol. The highest BCUT2D eigenvalue weighted by Gasteiger charge is 2.23. The Labute approximate surface area is 129 Å². The van der Waals surface area contributed by atoms with Crippen molar-refractivity contribution < 1.29 is 4.79 Å². The van der Waals surface area contributed by atoms with Crippen molar-refractivity contribution in [1.82, 2.24) is 20.4 Å². The van der Waals surface area contributed by atoms with Crippen LogP contribution in [0.4, 0.5) is 5.82 Å². The monoisotopic (exact) mass is 297 g/mol. The Morgan fingerprint density at radius 1 is 1.23 bits per heavy atom. The van der Waals surface area contributed by atoms with Crippen LogP contribution in [0.2, 0.25) is 0 Å². The Hall–Kier alpha value is -2.47. The standard InChI is InChI=1S/C16H19N5O/c1-17-16(22)13-7-8-15(20-19-13)18-14-10-21(2)9-11-5-3-4-6-12(11)14/h3-8,14H,9-10H2,1-2H3,(H,17,22)(H,18,20). The van der Waals surface area contributed by atoms with Crippen LogP contribution in [0.5, 0.6) is 0 Å². The van der Waals surface area contributed by atoms with E-state index in [2.05, 4.69) is 57.0 Å². The lowest BCUT2D eigenvalue weighted by molar-refractivity contribution is 0.0957. The third-order valence-corrected chi connectivity index (χ3v) is 3.81. The molecule has 1 amide bonds. The van der Waals surface area contributed by atoms with E-state index >= 15 is 0 Å². The molecule has 0 aliphatic carbocycles. The number of rotatable bonds is 3. The topological polar surface area (TPSA) is 70.2 Å². The summed E-state index contributed by atoms with van der Waals surface area (Å²) in [6.45, 7) is 1.85. The maximum absolute atomic E-state index is 11.5. The highest BCUT2D eigenvalue weighted by molar-refractivity contribution is 5.91. The highest BCUT2D eigenvalue weighted by Crippen LogP contribution is 2.27. The minimum atomic E-state index is -0.234. The van der Waals surface area contributed by atoms with Crippen LogP contribution >= 0.6 is 0 Å². The predicted octanol–water partition coefficient (Wildman–Crippen LogP) is 1.43. The van der Waals surface area contributed by atoms with Gasteiger partial charge in [0, 0.05) is 20.1 Å². The summed E-state index contributed by atoms with van der Waals surface area (Å²) in [5.74, 6) is 0.435. The largest absolute Gasteiger partial charge is 0.360 e. The fourth-order valence-electron chi connectivity index (χ4n) is 2.74.